The van der Waals surface area contributed by atoms with E-state index in [1.807, 2.05) is 31.2 Å². The van der Waals surface area contributed by atoms with Gasteiger partial charge in [0.15, 0.2) is 0 Å². The van der Waals surface area contributed by atoms with E-state index in [4.69, 9.17) is 23.2 Å². The third-order valence-electron chi connectivity index (χ3n) is 3.46. The highest BCUT2D eigenvalue weighted by molar-refractivity contribution is 6.68. The molecule has 0 spiro atoms. The number of carbonyl (C=O) groups is 2. The van der Waals surface area contributed by atoms with Crippen molar-refractivity contribution in [3.8, 4) is 0 Å². The molecule has 1 unspecified atom stereocenters. The van der Waals surface area contributed by atoms with E-state index in [-0.39, 0.29) is 5.92 Å². The van der Waals surface area contributed by atoms with Crippen LogP contribution in [0.5, 0.6) is 0 Å². The minimum atomic E-state index is -0.473. The van der Waals surface area contributed by atoms with Crippen molar-refractivity contribution in [3.05, 3.63) is 70.8 Å². The third kappa shape index (κ3) is 3.72. The quantitative estimate of drug-likeness (QED) is 0.742. The summed E-state index contributed by atoms with van der Waals surface area (Å²) >= 11 is 11.2. The molecular weight excluding hydrogens is 307 g/mol. The van der Waals surface area contributed by atoms with Crippen molar-refractivity contribution in [3.63, 3.8) is 0 Å². The SMILES string of the molecule is CC(Cc1ccccc1C(=O)Cl)c1ccccc1C(=O)Cl. The van der Waals surface area contributed by atoms with Gasteiger partial charge in [0.25, 0.3) is 10.5 Å². The van der Waals surface area contributed by atoms with Crippen LogP contribution in [0, 0.1) is 0 Å². The van der Waals surface area contributed by atoms with Crippen molar-refractivity contribution in [2.24, 2.45) is 0 Å². The Labute approximate surface area is 133 Å². The molecule has 0 aliphatic rings. The normalized spacial score (nSPS) is 12.0. The highest BCUT2D eigenvalue weighted by atomic mass is 35.5. The lowest BCUT2D eigenvalue weighted by atomic mass is 9.89. The maximum absolute atomic E-state index is 11.5. The van der Waals surface area contributed by atoms with Crippen molar-refractivity contribution in [1.29, 1.82) is 0 Å². The monoisotopic (exact) mass is 320 g/mol. The lowest BCUT2D eigenvalue weighted by molar-refractivity contribution is 0.107. The fourth-order valence-electron chi connectivity index (χ4n) is 2.44. The largest absolute Gasteiger partial charge is 0.276 e. The van der Waals surface area contributed by atoms with Crippen LogP contribution in [0.1, 0.15) is 44.7 Å². The van der Waals surface area contributed by atoms with Crippen molar-refractivity contribution >= 4 is 33.7 Å². The molecular formula is C17H14Cl2O2. The van der Waals surface area contributed by atoms with Crippen LogP contribution in [0.4, 0.5) is 0 Å². The number of hydrogen-bond acceptors (Lipinski definition) is 2. The van der Waals surface area contributed by atoms with Gasteiger partial charge in [0.2, 0.25) is 0 Å². The smallest absolute Gasteiger partial charge is 0.252 e. The molecule has 2 aromatic rings. The molecule has 21 heavy (non-hydrogen) atoms. The fraction of sp³-hybridized carbons (Fsp3) is 0.176. The summed E-state index contributed by atoms with van der Waals surface area (Å²) in [4.78, 5) is 22.9. The van der Waals surface area contributed by atoms with Crippen LogP contribution in [0.3, 0.4) is 0 Å². The molecule has 0 saturated carbocycles. The van der Waals surface area contributed by atoms with E-state index < -0.39 is 10.5 Å². The van der Waals surface area contributed by atoms with Gasteiger partial charge >= 0.3 is 0 Å². The number of hydrogen-bond donors (Lipinski definition) is 0. The van der Waals surface area contributed by atoms with Crippen LogP contribution >= 0.6 is 23.2 Å². The van der Waals surface area contributed by atoms with Crippen LogP contribution in [0.15, 0.2) is 48.5 Å². The number of rotatable bonds is 5. The van der Waals surface area contributed by atoms with Crippen molar-refractivity contribution in [2.45, 2.75) is 19.3 Å². The maximum Gasteiger partial charge on any atom is 0.252 e. The summed E-state index contributed by atoms with van der Waals surface area (Å²) in [7, 11) is 0. The molecule has 2 nitrogen and oxygen atoms in total. The van der Waals surface area contributed by atoms with E-state index in [1.54, 1.807) is 24.3 Å². The van der Waals surface area contributed by atoms with Crippen LogP contribution in [-0.2, 0) is 6.42 Å². The van der Waals surface area contributed by atoms with E-state index in [2.05, 4.69) is 0 Å². The first-order valence-corrected chi connectivity index (χ1v) is 7.32. The molecule has 0 saturated heterocycles. The van der Waals surface area contributed by atoms with Gasteiger partial charge in [0.1, 0.15) is 0 Å². The Kier molecular flexibility index (Phi) is 5.16. The highest BCUT2D eigenvalue weighted by Crippen LogP contribution is 2.26. The second-order valence-electron chi connectivity index (χ2n) is 4.90. The molecule has 0 amide bonds. The molecule has 0 aliphatic carbocycles. The first-order chi connectivity index (χ1) is 10.0. The van der Waals surface area contributed by atoms with Crippen molar-refractivity contribution < 1.29 is 9.59 Å². The van der Waals surface area contributed by atoms with Crippen LogP contribution < -0.4 is 0 Å². The lowest BCUT2D eigenvalue weighted by Crippen LogP contribution is -2.07. The molecule has 0 bridgehead atoms. The Hall–Kier alpha value is -1.64. The lowest BCUT2D eigenvalue weighted by Gasteiger charge is -2.16. The molecule has 108 valence electrons. The Morgan fingerprint density at radius 2 is 1.43 bits per heavy atom. The zero-order valence-electron chi connectivity index (χ0n) is 11.5. The molecule has 0 aliphatic heterocycles. The first-order valence-electron chi connectivity index (χ1n) is 6.57. The first kappa shape index (κ1) is 15.7. The number of halogens is 2. The van der Waals surface area contributed by atoms with Gasteiger partial charge in [-0.05, 0) is 58.8 Å². The van der Waals surface area contributed by atoms with Gasteiger partial charge < -0.3 is 0 Å². The maximum atomic E-state index is 11.5. The molecule has 4 heteroatoms. The second kappa shape index (κ2) is 6.88. The molecule has 0 fully saturated rings. The zero-order chi connectivity index (χ0) is 15.4. The Morgan fingerprint density at radius 1 is 0.905 bits per heavy atom. The number of carbonyl (C=O) groups excluding carboxylic acids is 2. The summed E-state index contributed by atoms with van der Waals surface area (Å²) < 4.78 is 0. The summed E-state index contributed by atoms with van der Waals surface area (Å²) in [6, 6.07) is 14.5. The minimum Gasteiger partial charge on any atom is -0.276 e. The van der Waals surface area contributed by atoms with Crippen LogP contribution in [-0.4, -0.2) is 10.5 Å². The second-order valence-corrected chi connectivity index (χ2v) is 5.58. The molecule has 1 atom stereocenters. The van der Waals surface area contributed by atoms with Gasteiger partial charge in [-0.1, -0.05) is 43.3 Å². The summed E-state index contributed by atoms with van der Waals surface area (Å²) in [5, 5.41) is -0.946. The van der Waals surface area contributed by atoms with Crippen LogP contribution in [0.25, 0.3) is 0 Å². The Morgan fingerprint density at radius 3 is 2.05 bits per heavy atom. The standard InChI is InChI=1S/C17H14Cl2O2/c1-11(13-7-4-5-9-15(13)17(19)21)10-12-6-2-3-8-14(12)16(18)20/h2-9,11H,10H2,1H3. The minimum absolute atomic E-state index is 0.0427. The Balaban J connectivity index is 2.33. The molecule has 2 rings (SSSR count). The predicted octanol–water partition coefficient (Wildman–Crippen LogP) is 4.79. The van der Waals surface area contributed by atoms with Gasteiger partial charge in [-0.3, -0.25) is 9.59 Å². The van der Waals surface area contributed by atoms with Crippen LogP contribution in [0.2, 0.25) is 0 Å². The van der Waals surface area contributed by atoms with Gasteiger partial charge in [0, 0.05) is 11.1 Å². The average molecular weight is 321 g/mol. The molecule has 0 N–H and O–H groups in total. The Bertz CT molecular complexity index is 680. The topological polar surface area (TPSA) is 34.1 Å². The molecule has 0 radical (unpaired) electrons. The van der Waals surface area contributed by atoms with E-state index >= 15 is 0 Å². The summed E-state index contributed by atoms with van der Waals surface area (Å²) in [5.41, 5.74) is 2.73. The average Bonchev–Trinajstić information content (AvgIpc) is 2.47. The van der Waals surface area contributed by atoms with E-state index in [9.17, 15) is 9.59 Å². The van der Waals surface area contributed by atoms with Gasteiger partial charge in [-0.2, -0.15) is 0 Å². The summed E-state index contributed by atoms with van der Waals surface area (Å²) in [5.74, 6) is 0.0427. The van der Waals surface area contributed by atoms with Gasteiger partial charge in [-0.15, -0.1) is 0 Å². The van der Waals surface area contributed by atoms with Gasteiger partial charge in [-0.25, -0.2) is 0 Å². The fourth-order valence-corrected chi connectivity index (χ4v) is 2.79. The molecule has 0 aromatic heterocycles. The van der Waals surface area contributed by atoms with Crippen molar-refractivity contribution in [2.75, 3.05) is 0 Å². The molecule has 0 heterocycles. The van der Waals surface area contributed by atoms with Crippen molar-refractivity contribution in [1.82, 2.24) is 0 Å². The predicted molar refractivity (Wildman–Crippen MR) is 85.4 cm³/mol. The third-order valence-corrected chi connectivity index (χ3v) is 3.87. The number of benzene rings is 2. The van der Waals surface area contributed by atoms with E-state index in [1.165, 1.54) is 0 Å². The van der Waals surface area contributed by atoms with E-state index in [0.29, 0.717) is 17.5 Å². The van der Waals surface area contributed by atoms with Gasteiger partial charge in [0.05, 0.1) is 0 Å². The summed E-state index contributed by atoms with van der Waals surface area (Å²) in [6.07, 6.45) is 0.607. The highest BCUT2D eigenvalue weighted by Gasteiger charge is 2.17. The molecule has 2 aromatic carbocycles. The summed E-state index contributed by atoms with van der Waals surface area (Å²) in [6.45, 7) is 1.99. The zero-order valence-corrected chi connectivity index (χ0v) is 13.0. The van der Waals surface area contributed by atoms with E-state index in [0.717, 1.165) is 11.1 Å².